The van der Waals surface area contributed by atoms with E-state index in [2.05, 4.69) is 10.3 Å². The van der Waals surface area contributed by atoms with E-state index in [4.69, 9.17) is 9.15 Å². The molecule has 7 heteroatoms. The Morgan fingerprint density at radius 1 is 1.57 bits per heavy atom. The van der Waals surface area contributed by atoms with Crippen LogP contribution in [0.2, 0.25) is 0 Å². The van der Waals surface area contributed by atoms with Crippen molar-refractivity contribution in [2.45, 2.75) is 19.4 Å². The molecule has 3 rings (SSSR count). The number of hydrogen-bond donors (Lipinski definition) is 0. The van der Waals surface area contributed by atoms with Crippen molar-refractivity contribution in [3.05, 3.63) is 35.0 Å². The zero-order valence-electron chi connectivity index (χ0n) is 12.4. The van der Waals surface area contributed by atoms with Gasteiger partial charge in [0.2, 0.25) is 0 Å². The van der Waals surface area contributed by atoms with Crippen molar-refractivity contribution in [3.63, 3.8) is 0 Å². The van der Waals surface area contributed by atoms with Crippen molar-refractivity contribution >= 4 is 5.91 Å². The van der Waals surface area contributed by atoms with Crippen molar-refractivity contribution in [1.82, 2.24) is 19.9 Å². The van der Waals surface area contributed by atoms with Crippen molar-refractivity contribution < 1.29 is 13.9 Å². The van der Waals surface area contributed by atoms with E-state index in [-0.39, 0.29) is 11.8 Å². The highest BCUT2D eigenvalue weighted by Crippen LogP contribution is 2.28. The molecule has 0 radical (unpaired) electrons. The topological polar surface area (TPSA) is 73.4 Å². The summed E-state index contributed by atoms with van der Waals surface area (Å²) in [5.74, 6) is 0.668. The first kappa shape index (κ1) is 13.8. The van der Waals surface area contributed by atoms with Crippen LogP contribution in [0.15, 0.2) is 16.7 Å². The molecule has 112 valence electrons. The van der Waals surface area contributed by atoms with Gasteiger partial charge in [-0.2, -0.15) is 0 Å². The Kier molecular flexibility index (Phi) is 3.50. The Balaban J connectivity index is 1.90. The zero-order valence-corrected chi connectivity index (χ0v) is 12.4. The predicted octanol–water partition coefficient (Wildman–Crippen LogP) is 1.10. The van der Waals surface area contributed by atoms with E-state index in [0.29, 0.717) is 31.0 Å². The fraction of sp³-hybridized carbons (Fsp3) is 0.500. The lowest BCUT2D eigenvalue weighted by Crippen LogP contribution is -2.40. The largest absolute Gasteiger partial charge is 0.469 e. The Morgan fingerprint density at radius 3 is 3.05 bits per heavy atom. The van der Waals surface area contributed by atoms with Crippen molar-refractivity contribution in [3.8, 4) is 0 Å². The van der Waals surface area contributed by atoms with Crippen LogP contribution in [0.25, 0.3) is 0 Å². The molecule has 0 aliphatic carbocycles. The lowest BCUT2D eigenvalue weighted by atomic mass is 9.98. The van der Waals surface area contributed by atoms with Gasteiger partial charge in [0, 0.05) is 26.6 Å². The maximum Gasteiger partial charge on any atom is 0.257 e. The van der Waals surface area contributed by atoms with E-state index in [1.165, 1.54) is 6.26 Å². The number of fused-ring (bicyclic) bond motifs is 1. The summed E-state index contributed by atoms with van der Waals surface area (Å²) in [4.78, 5) is 14.4. The summed E-state index contributed by atoms with van der Waals surface area (Å²) >= 11 is 0. The molecule has 2 aromatic heterocycles. The Morgan fingerprint density at radius 2 is 2.38 bits per heavy atom. The Hall–Kier alpha value is -2.15. The summed E-state index contributed by atoms with van der Waals surface area (Å²) in [6, 6.07) is 1.70. The predicted molar refractivity (Wildman–Crippen MR) is 73.8 cm³/mol. The lowest BCUT2D eigenvalue weighted by molar-refractivity contribution is 0.0671. The van der Waals surface area contributed by atoms with Crippen LogP contribution in [-0.4, -0.2) is 46.1 Å². The van der Waals surface area contributed by atoms with Gasteiger partial charge in [-0.05, 0) is 13.0 Å². The summed E-state index contributed by atoms with van der Waals surface area (Å²) in [6.07, 6.45) is 1.53. The quantitative estimate of drug-likeness (QED) is 0.846. The number of rotatable bonds is 3. The number of aryl methyl sites for hydroxylation is 2. The monoisotopic (exact) mass is 290 g/mol. The van der Waals surface area contributed by atoms with Crippen LogP contribution in [-0.2, 0) is 18.3 Å². The molecule has 21 heavy (non-hydrogen) atoms. The number of hydrogen-bond acceptors (Lipinski definition) is 5. The number of amides is 1. The minimum absolute atomic E-state index is 0.0429. The second-order valence-electron chi connectivity index (χ2n) is 5.27. The third-order valence-corrected chi connectivity index (χ3v) is 3.86. The van der Waals surface area contributed by atoms with E-state index in [0.717, 1.165) is 11.4 Å². The summed E-state index contributed by atoms with van der Waals surface area (Å²) < 4.78 is 12.3. The molecule has 1 aliphatic heterocycles. The molecular formula is C14H18N4O3. The van der Waals surface area contributed by atoms with E-state index in [1.807, 2.05) is 7.05 Å². The Labute approximate surface area is 122 Å². The molecule has 1 aliphatic rings. The molecule has 0 fully saturated rings. The fourth-order valence-electron chi connectivity index (χ4n) is 2.88. The summed E-state index contributed by atoms with van der Waals surface area (Å²) in [7, 11) is 3.52. The van der Waals surface area contributed by atoms with Gasteiger partial charge in [0.05, 0.1) is 30.7 Å². The molecule has 1 amide bonds. The molecule has 0 bridgehead atoms. The van der Waals surface area contributed by atoms with Crippen LogP contribution in [0.1, 0.15) is 33.4 Å². The minimum atomic E-state index is -0.0429. The molecule has 0 saturated carbocycles. The minimum Gasteiger partial charge on any atom is -0.469 e. The van der Waals surface area contributed by atoms with Gasteiger partial charge in [0.1, 0.15) is 11.5 Å². The van der Waals surface area contributed by atoms with Crippen molar-refractivity contribution in [2.75, 3.05) is 20.3 Å². The molecule has 2 aromatic rings. The third-order valence-electron chi connectivity index (χ3n) is 3.86. The summed E-state index contributed by atoms with van der Waals surface area (Å²) in [6.45, 7) is 3.37. The number of carbonyl (C=O) groups is 1. The summed E-state index contributed by atoms with van der Waals surface area (Å²) in [5, 5.41) is 8.22. The smallest absolute Gasteiger partial charge is 0.257 e. The highest BCUT2D eigenvalue weighted by Gasteiger charge is 2.33. The van der Waals surface area contributed by atoms with Gasteiger partial charge in [-0.1, -0.05) is 5.21 Å². The Bertz CT molecular complexity index is 661. The normalized spacial score (nSPS) is 17.9. The number of methoxy groups -OCH3 is 1. The fourth-order valence-corrected chi connectivity index (χ4v) is 2.88. The first-order valence-electron chi connectivity index (χ1n) is 6.82. The van der Waals surface area contributed by atoms with Gasteiger partial charge in [0.25, 0.3) is 5.91 Å². The van der Waals surface area contributed by atoms with Crippen molar-refractivity contribution in [2.24, 2.45) is 7.05 Å². The van der Waals surface area contributed by atoms with E-state index >= 15 is 0 Å². The molecule has 3 heterocycles. The lowest BCUT2D eigenvalue weighted by Gasteiger charge is -2.31. The molecule has 0 unspecified atom stereocenters. The second kappa shape index (κ2) is 5.33. The SMILES string of the molecule is COC[C@@H]1CN(C(=O)c2ccoc2C)Cc2nnn(C)c21. The van der Waals surface area contributed by atoms with Crippen LogP contribution < -0.4 is 0 Å². The average molecular weight is 290 g/mol. The van der Waals surface area contributed by atoms with E-state index in [1.54, 1.807) is 29.7 Å². The van der Waals surface area contributed by atoms with Crippen LogP contribution >= 0.6 is 0 Å². The van der Waals surface area contributed by atoms with Crippen LogP contribution in [0.4, 0.5) is 0 Å². The van der Waals surface area contributed by atoms with Gasteiger partial charge in [0.15, 0.2) is 0 Å². The molecule has 7 nitrogen and oxygen atoms in total. The van der Waals surface area contributed by atoms with E-state index < -0.39 is 0 Å². The van der Waals surface area contributed by atoms with Crippen molar-refractivity contribution in [1.29, 1.82) is 0 Å². The molecular weight excluding hydrogens is 272 g/mol. The number of ether oxygens (including phenoxy) is 1. The van der Waals surface area contributed by atoms with Crippen LogP contribution in [0, 0.1) is 6.92 Å². The van der Waals surface area contributed by atoms with Gasteiger partial charge in [-0.3, -0.25) is 9.48 Å². The van der Waals surface area contributed by atoms with Crippen LogP contribution in [0.3, 0.4) is 0 Å². The van der Waals surface area contributed by atoms with Gasteiger partial charge >= 0.3 is 0 Å². The molecule has 1 atom stereocenters. The third kappa shape index (κ3) is 2.33. The number of carbonyl (C=O) groups excluding carboxylic acids is 1. The zero-order chi connectivity index (χ0) is 15.0. The second-order valence-corrected chi connectivity index (χ2v) is 5.27. The first-order chi connectivity index (χ1) is 10.1. The molecule has 0 saturated heterocycles. The van der Waals surface area contributed by atoms with Gasteiger partial charge in [-0.25, -0.2) is 0 Å². The van der Waals surface area contributed by atoms with Crippen LogP contribution in [0.5, 0.6) is 0 Å². The van der Waals surface area contributed by atoms with Gasteiger partial charge in [-0.15, -0.1) is 5.10 Å². The number of furan rings is 1. The number of nitrogens with zero attached hydrogens (tertiary/aromatic N) is 4. The van der Waals surface area contributed by atoms with E-state index in [9.17, 15) is 4.79 Å². The van der Waals surface area contributed by atoms with Gasteiger partial charge < -0.3 is 14.1 Å². The highest BCUT2D eigenvalue weighted by molar-refractivity contribution is 5.95. The maximum absolute atomic E-state index is 12.6. The molecule has 0 spiro atoms. The number of aromatic nitrogens is 3. The average Bonchev–Trinajstić information content (AvgIpc) is 3.05. The highest BCUT2D eigenvalue weighted by atomic mass is 16.5. The molecule has 0 aromatic carbocycles. The first-order valence-corrected chi connectivity index (χ1v) is 6.82. The standard InChI is InChI=1S/C14H18N4O3/c1-9-11(4-5-21-9)14(19)18-6-10(8-20-3)13-12(7-18)15-16-17(13)2/h4-5,10H,6-8H2,1-3H3/t10-/m0/s1. The molecule has 0 N–H and O–H groups in total. The summed E-state index contributed by atoms with van der Waals surface area (Å²) in [5.41, 5.74) is 2.48. The maximum atomic E-state index is 12.6.